The van der Waals surface area contributed by atoms with E-state index in [1.54, 1.807) is 0 Å². The molecule has 0 aliphatic heterocycles. The van der Waals surface area contributed by atoms with Gasteiger partial charge in [-0.05, 0) is 75.5 Å². The molecule has 1 aromatic heterocycles. The van der Waals surface area contributed by atoms with Gasteiger partial charge >= 0.3 is 0 Å². The minimum absolute atomic E-state index is 0.451. The molecule has 4 nitrogen and oxygen atoms in total. The van der Waals surface area contributed by atoms with Crippen LogP contribution in [0.25, 0.3) is 54.8 Å². The first-order chi connectivity index (χ1) is 22.7. The Hall–Kier alpha value is -5.97. The predicted molar refractivity (Wildman–Crippen MR) is 195 cm³/mol. The van der Waals surface area contributed by atoms with E-state index in [1.807, 2.05) is 54.9 Å². The largest absolute Gasteiger partial charge is 0.355 e. The second kappa shape index (κ2) is 11.8. The lowest BCUT2D eigenvalue weighted by molar-refractivity contribution is 0.776. The fourth-order valence-electron chi connectivity index (χ4n) is 6.37. The highest BCUT2D eigenvalue weighted by Crippen LogP contribution is 2.39. The van der Waals surface area contributed by atoms with Crippen molar-refractivity contribution in [1.82, 2.24) is 4.57 Å². The Balaban J connectivity index is 1.29. The van der Waals surface area contributed by atoms with Crippen LogP contribution in [0, 0.1) is 0 Å². The van der Waals surface area contributed by atoms with Crippen molar-refractivity contribution in [2.75, 3.05) is 5.32 Å². The minimum atomic E-state index is -0.451. The Labute approximate surface area is 268 Å². The van der Waals surface area contributed by atoms with Gasteiger partial charge in [0, 0.05) is 27.7 Å². The number of fused-ring (bicyclic) bond motifs is 5. The first-order valence-electron chi connectivity index (χ1n) is 15.5. The molecular formula is C42H32N4. The molecule has 1 unspecified atom stereocenters. The second-order valence-electron chi connectivity index (χ2n) is 11.5. The third kappa shape index (κ3) is 5.11. The van der Waals surface area contributed by atoms with Gasteiger partial charge in [-0.3, -0.25) is 4.99 Å². The van der Waals surface area contributed by atoms with Crippen molar-refractivity contribution < 1.29 is 0 Å². The molecule has 0 bridgehead atoms. The van der Waals surface area contributed by atoms with Crippen LogP contribution in [0.1, 0.15) is 11.7 Å². The summed E-state index contributed by atoms with van der Waals surface area (Å²) in [6, 6.07) is 57.2. The first-order valence-corrected chi connectivity index (χ1v) is 15.5. The molecule has 46 heavy (non-hydrogen) atoms. The molecule has 8 aromatic rings. The van der Waals surface area contributed by atoms with Gasteiger partial charge in [-0.2, -0.15) is 0 Å². The molecule has 8 rings (SSSR count). The monoisotopic (exact) mass is 592 g/mol. The second-order valence-corrected chi connectivity index (χ2v) is 11.5. The van der Waals surface area contributed by atoms with E-state index in [2.05, 4.69) is 125 Å². The normalized spacial score (nSPS) is 12.3. The number of nitrogens with one attached hydrogen (secondary N) is 1. The van der Waals surface area contributed by atoms with E-state index in [1.165, 1.54) is 21.5 Å². The van der Waals surface area contributed by atoms with Crippen molar-refractivity contribution >= 4 is 50.3 Å². The fourth-order valence-corrected chi connectivity index (χ4v) is 6.37. The number of rotatable bonds is 7. The summed E-state index contributed by atoms with van der Waals surface area (Å²) >= 11 is 0. The molecule has 0 aliphatic carbocycles. The van der Waals surface area contributed by atoms with Gasteiger partial charge < -0.3 is 15.6 Å². The van der Waals surface area contributed by atoms with Gasteiger partial charge in [0.05, 0.1) is 17.4 Å². The van der Waals surface area contributed by atoms with Gasteiger partial charge in [0.1, 0.15) is 6.17 Å². The van der Waals surface area contributed by atoms with E-state index >= 15 is 0 Å². The number of nitrogens with zero attached hydrogens (tertiary/aromatic N) is 2. The van der Waals surface area contributed by atoms with E-state index in [-0.39, 0.29) is 0 Å². The SMILES string of the molecule is NC(N=Cn1c2ccc(-c3ccc(Nc4ccccc4)c(-c4ccccc4)c3)cc2c2c3ccccc3ccc21)c1ccccc1. The third-order valence-corrected chi connectivity index (χ3v) is 8.67. The lowest BCUT2D eigenvalue weighted by atomic mass is 9.95. The zero-order valence-corrected chi connectivity index (χ0v) is 25.2. The molecule has 0 radical (unpaired) electrons. The molecule has 0 spiro atoms. The van der Waals surface area contributed by atoms with E-state index in [4.69, 9.17) is 10.7 Å². The van der Waals surface area contributed by atoms with Crippen molar-refractivity contribution in [3.05, 3.63) is 169 Å². The lowest BCUT2D eigenvalue weighted by Crippen LogP contribution is -2.09. The highest BCUT2D eigenvalue weighted by atomic mass is 15.1. The van der Waals surface area contributed by atoms with Crippen LogP contribution in [0.5, 0.6) is 0 Å². The average Bonchev–Trinajstić information content (AvgIpc) is 3.45. The number of aromatic nitrogens is 1. The van der Waals surface area contributed by atoms with E-state index < -0.39 is 6.17 Å². The van der Waals surface area contributed by atoms with Gasteiger partial charge in [-0.25, -0.2) is 0 Å². The quantitative estimate of drug-likeness (QED) is 0.143. The van der Waals surface area contributed by atoms with Gasteiger partial charge in [-0.15, -0.1) is 0 Å². The van der Waals surface area contributed by atoms with Gasteiger partial charge in [0.25, 0.3) is 0 Å². The zero-order chi connectivity index (χ0) is 30.9. The molecule has 0 saturated carbocycles. The zero-order valence-electron chi connectivity index (χ0n) is 25.2. The Morgan fingerprint density at radius 2 is 1.22 bits per heavy atom. The highest BCUT2D eigenvalue weighted by Gasteiger charge is 2.15. The molecule has 0 saturated heterocycles. The Bertz CT molecular complexity index is 2340. The number of nitrogens with two attached hydrogens (primary N) is 1. The van der Waals surface area contributed by atoms with Gasteiger partial charge in [0.2, 0.25) is 0 Å². The molecule has 1 heterocycles. The number of benzene rings is 7. The number of anilines is 2. The maximum absolute atomic E-state index is 6.50. The van der Waals surface area contributed by atoms with Crippen molar-refractivity contribution in [2.24, 2.45) is 10.7 Å². The number of hydrogen-bond donors (Lipinski definition) is 2. The molecular weight excluding hydrogens is 560 g/mol. The lowest BCUT2D eigenvalue weighted by Gasteiger charge is -2.15. The molecule has 220 valence electrons. The molecule has 0 aliphatic rings. The maximum Gasteiger partial charge on any atom is 0.124 e. The maximum atomic E-state index is 6.50. The number of hydrogen-bond acceptors (Lipinski definition) is 3. The van der Waals surface area contributed by atoms with Crippen molar-refractivity contribution in [2.45, 2.75) is 6.17 Å². The van der Waals surface area contributed by atoms with Gasteiger partial charge in [-0.1, -0.05) is 121 Å². The van der Waals surface area contributed by atoms with Crippen molar-refractivity contribution in [1.29, 1.82) is 0 Å². The molecule has 7 aromatic carbocycles. The summed E-state index contributed by atoms with van der Waals surface area (Å²) in [7, 11) is 0. The van der Waals surface area contributed by atoms with Crippen molar-refractivity contribution in [3.8, 4) is 22.3 Å². The molecule has 4 heteroatoms. The summed E-state index contributed by atoms with van der Waals surface area (Å²) in [5.74, 6) is 0. The Morgan fingerprint density at radius 3 is 2.02 bits per heavy atom. The summed E-state index contributed by atoms with van der Waals surface area (Å²) in [4.78, 5) is 4.80. The summed E-state index contributed by atoms with van der Waals surface area (Å²) in [6.07, 6.45) is 1.43. The topological polar surface area (TPSA) is 55.3 Å². The van der Waals surface area contributed by atoms with Crippen LogP contribution < -0.4 is 11.1 Å². The van der Waals surface area contributed by atoms with Crippen LogP contribution in [-0.2, 0) is 0 Å². The standard InChI is InChI=1S/C42H32N4/c43-42(31-15-6-2-7-16-31)44-28-46-39-24-22-33(27-37(39)41-35-19-11-10-14-30(35)21-25-40(41)46)32-20-23-38(45-34-17-8-3-9-18-34)36(26-32)29-12-4-1-5-13-29/h1-28,42,45H,43H2. The molecule has 0 fully saturated rings. The highest BCUT2D eigenvalue weighted by molar-refractivity contribution is 6.23. The number of para-hydroxylation sites is 1. The average molecular weight is 593 g/mol. The molecule has 3 N–H and O–H groups in total. The Morgan fingerprint density at radius 1 is 0.565 bits per heavy atom. The first kappa shape index (κ1) is 27.6. The van der Waals surface area contributed by atoms with Crippen LogP contribution >= 0.6 is 0 Å². The summed E-state index contributed by atoms with van der Waals surface area (Å²) in [5.41, 5.74) is 16.4. The van der Waals surface area contributed by atoms with Crippen LogP contribution in [0.3, 0.4) is 0 Å². The van der Waals surface area contributed by atoms with Gasteiger partial charge in [0.15, 0.2) is 0 Å². The third-order valence-electron chi connectivity index (χ3n) is 8.67. The summed E-state index contributed by atoms with van der Waals surface area (Å²) < 4.78 is 2.17. The van der Waals surface area contributed by atoms with Crippen LogP contribution in [-0.4, -0.2) is 10.9 Å². The number of aliphatic imine (C=N–C) groups is 1. The van der Waals surface area contributed by atoms with E-state index in [0.29, 0.717) is 0 Å². The van der Waals surface area contributed by atoms with Crippen molar-refractivity contribution in [3.63, 3.8) is 0 Å². The predicted octanol–water partition coefficient (Wildman–Crippen LogP) is 10.6. The summed E-state index contributed by atoms with van der Waals surface area (Å²) in [5, 5.41) is 8.45. The van der Waals surface area contributed by atoms with Crippen LogP contribution in [0.4, 0.5) is 11.4 Å². The summed E-state index contributed by atoms with van der Waals surface area (Å²) in [6.45, 7) is 0. The fraction of sp³-hybridized carbons (Fsp3) is 0.0238. The van der Waals surface area contributed by atoms with Crippen LogP contribution in [0.15, 0.2) is 169 Å². The van der Waals surface area contributed by atoms with E-state index in [0.717, 1.165) is 50.2 Å². The molecule has 1 atom stereocenters. The van der Waals surface area contributed by atoms with E-state index in [9.17, 15) is 0 Å². The van der Waals surface area contributed by atoms with Crippen LogP contribution in [0.2, 0.25) is 0 Å². The smallest absolute Gasteiger partial charge is 0.124 e. The minimum Gasteiger partial charge on any atom is -0.355 e. The molecule has 0 amide bonds. The Kier molecular flexibility index (Phi) is 7.10.